The molecule has 3 heteroatoms. The molecule has 2 rings (SSSR count). The number of hydrogen-bond acceptors (Lipinski definition) is 2. The number of carboxylic acids is 1. The Morgan fingerprint density at radius 2 is 1.55 bits per heavy atom. The molecule has 3 nitrogen and oxygen atoms in total. The molecule has 0 atom stereocenters. The molecule has 112 valence electrons. The normalized spacial score (nSPS) is 9.68. The molecule has 0 fully saturated rings. The molecule has 0 spiro atoms. The molecule has 2 aromatic carbocycles. The van der Waals surface area contributed by atoms with E-state index in [9.17, 15) is 4.79 Å². The van der Waals surface area contributed by atoms with Gasteiger partial charge < -0.3 is 9.84 Å². The van der Waals surface area contributed by atoms with Crippen molar-refractivity contribution in [2.75, 3.05) is 6.61 Å². The van der Waals surface area contributed by atoms with E-state index in [1.165, 1.54) is 5.56 Å². The van der Waals surface area contributed by atoms with Gasteiger partial charge in [0, 0.05) is 17.5 Å². The molecule has 0 amide bonds. The van der Waals surface area contributed by atoms with Crippen LogP contribution in [0.4, 0.5) is 0 Å². The fourth-order valence-corrected chi connectivity index (χ4v) is 1.83. The molecule has 0 aromatic heterocycles. The molecule has 0 radical (unpaired) electrons. The van der Waals surface area contributed by atoms with Gasteiger partial charge in [0.25, 0.3) is 0 Å². The van der Waals surface area contributed by atoms with Crippen LogP contribution in [-0.2, 0) is 4.79 Å². The molecule has 0 bridgehead atoms. The standard InChI is InChI=1S/C19H18O3/c1-15-4-6-16(7-5-15)8-9-17-10-12-18(13-11-17)22-14-2-3-19(20)21/h4-7,10-13H,2-3,14H2,1H3,(H,20,21). The van der Waals surface area contributed by atoms with Crippen molar-refractivity contribution in [3.05, 3.63) is 65.2 Å². The number of carboxylic acid groups (broad SMARTS) is 1. The lowest BCUT2D eigenvalue weighted by Gasteiger charge is -2.04. The van der Waals surface area contributed by atoms with E-state index < -0.39 is 5.97 Å². The molecule has 0 unspecified atom stereocenters. The second-order valence-electron chi connectivity index (χ2n) is 4.99. The van der Waals surface area contributed by atoms with E-state index in [0.717, 1.165) is 16.9 Å². The largest absolute Gasteiger partial charge is 0.494 e. The summed E-state index contributed by atoms with van der Waals surface area (Å²) in [4.78, 5) is 10.4. The van der Waals surface area contributed by atoms with Gasteiger partial charge in [-0.25, -0.2) is 0 Å². The van der Waals surface area contributed by atoms with E-state index in [4.69, 9.17) is 9.84 Å². The third kappa shape index (κ3) is 5.34. The topological polar surface area (TPSA) is 46.5 Å². The van der Waals surface area contributed by atoms with Crippen LogP contribution < -0.4 is 4.74 Å². The Labute approximate surface area is 130 Å². The number of hydrogen-bond donors (Lipinski definition) is 1. The zero-order valence-corrected chi connectivity index (χ0v) is 12.5. The average Bonchev–Trinajstić information content (AvgIpc) is 2.52. The van der Waals surface area contributed by atoms with E-state index in [1.54, 1.807) is 0 Å². The maximum absolute atomic E-state index is 10.4. The third-order valence-electron chi connectivity index (χ3n) is 3.06. The van der Waals surface area contributed by atoms with Gasteiger partial charge in [0.2, 0.25) is 0 Å². The van der Waals surface area contributed by atoms with Crippen LogP contribution in [0.15, 0.2) is 48.5 Å². The first-order valence-electron chi connectivity index (χ1n) is 7.17. The van der Waals surface area contributed by atoms with Gasteiger partial charge in [-0.15, -0.1) is 0 Å². The number of aliphatic carboxylic acids is 1. The SMILES string of the molecule is Cc1ccc(C#Cc2ccc(OCCCC(=O)O)cc2)cc1. The van der Waals surface area contributed by atoms with E-state index >= 15 is 0 Å². The first-order valence-corrected chi connectivity index (χ1v) is 7.17. The highest BCUT2D eigenvalue weighted by molar-refractivity contribution is 5.66. The second-order valence-corrected chi connectivity index (χ2v) is 4.99. The van der Waals surface area contributed by atoms with Crippen LogP contribution in [0.1, 0.15) is 29.5 Å². The van der Waals surface area contributed by atoms with Gasteiger partial charge in [-0.2, -0.15) is 0 Å². The summed E-state index contributed by atoms with van der Waals surface area (Å²) < 4.78 is 5.48. The Bertz CT molecular complexity index is 673. The molecule has 0 saturated heterocycles. The number of benzene rings is 2. The Morgan fingerprint density at radius 3 is 2.09 bits per heavy atom. The van der Waals surface area contributed by atoms with Gasteiger partial charge in [0.15, 0.2) is 0 Å². The molecule has 0 heterocycles. The zero-order chi connectivity index (χ0) is 15.8. The Hall–Kier alpha value is -2.73. The summed E-state index contributed by atoms with van der Waals surface area (Å²) in [7, 11) is 0. The zero-order valence-electron chi connectivity index (χ0n) is 12.5. The summed E-state index contributed by atoms with van der Waals surface area (Å²) in [5.41, 5.74) is 3.12. The first kappa shape index (κ1) is 15.7. The fraction of sp³-hybridized carbons (Fsp3) is 0.211. The number of rotatable bonds is 5. The molecular weight excluding hydrogens is 276 g/mol. The smallest absolute Gasteiger partial charge is 0.303 e. The van der Waals surface area contributed by atoms with Crippen LogP contribution in [0.3, 0.4) is 0 Å². The summed E-state index contributed by atoms with van der Waals surface area (Å²) in [6.07, 6.45) is 0.629. The van der Waals surface area contributed by atoms with Gasteiger partial charge in [-0.1, -0.05) is 29.5 Å². The predicted molar refractivity (Wildman–Crippen MR) is 86.0 cm³/mol. The molecule has 0 aliphatic rings. The lowest BCUT2D eigenvalue weighted by atomic mass is 10.1. The average molecular weight is 294 g/mol. The molecule has 22 heavy (non-hydrogen) atoms. The lowest BCUT2D eigenvalue weighted by molar-refractivity contribution is -0.137. The van der Waals surface area contributed by atoms with E-state index in [1.807, 2.05) is 55.5 Å². The summed E-state index contributed by atoms with van der Waals surface area (Å²) in [6.45, 7) is 2.45. The number of aryl methyl sites for hydroxylation is 1. The van der Waals surface area contributed by atoms with Crippen LogP contribution >= 0.6 is 0 Å². The number of carbonyl (C=O) groups is 1. The highest BCUT2D eigenvalue weighted by atomic mass is 16.5. The van der Waals surface area contributed by atoms with Crippen molar-refractivity contribution in [3.8, 4) is 17.6 Å². The van der Waals surface area contributed by atoms with E-state index in [-0.39, 0.29) is 6.42 Å². The molecule has 0 aliphatic heterocycles. The summed E-state index contributed by atoms with van der Waals surface area (Å²) in [5, 5.41) is 8.54. The Kier molecular flexibility index (Phi) is 5.62. The highest BCUT2D eigenvalue weighted by Gasteiger charge is 1.98. The van der Waals surface area contributed by atoms with E-state index in [0.29, 0.717) is 13.0 Å². The minimum atomic E-state index is -0.801. The van der Waals surface area contributed by atoms with Crippen LogP contribution in [-0.4, -0.2) is 17.7 Å². The Morgan fingerprint density at radius 1 is 1.00 bits per heavy atom. The van der Waals surface area contributed by atoms with Crippen molar-refractivity contribution in [3.63, 3.8) is 0 Å². The predicted octanol–water partition coefficient (Wildman–Crippen LogP) is 3.64. The maximum atomic E-state index is 10.4. The van der Waals surface area contributed by atoms with Crippen molar-refractivity contribution >= 4 is 5.97 Å². The molecule has 0 aliphatic carbocycles. The number of ether oxygens (including phenoxy) is 1. The second kappa shape index (κ2) is 7.90. The minimum Gasteiger partial charge on any atom is -0.494 e. The van der Waals surface area contributed by atoms with Gasteiger partial charge in [0.1, 0.15) is 5.75 Å². The maximum Gasteiger partial charge on any atom is 0.303 e. The monoisotopic (exact) mass is 294 g/mol. The van der Waals surface area contributed by atoms with Crippen LogP contribution in [0.25, 0.3) is 0 Å². The first-order chi connectivity index (χ1) is 10.6. The quantitative estimate of drug-likeness (QED) is 0.676. The molecule has 2 aromatic rings. The van der Waals surface area contributed by atoms with Gasteiger partial charge in [-0.3, -0.25) is 4.79 Å². The molecule has 0 saturated carbocycles. The van der Waals surface area contributed by atoms with Crippen molar-refractivity contribution < 1.29 is 14.6 Å². The third-order valence-corrected chi connectivity index (χ3v) is 3.06. The van der Waals surface area contributed by atoms with E-state index in [2.05, 4.69) is 11.8 Å². The lowest BCUT2D eigenvalue weighted by Crippen LogP contribution is -2.01. The molecular formula is C19H18O3. The Balaban J connectivity index is 1.89. The van der Waals surface area contributed by atoms with Gasteiger partial charge in [0.05, 0.1) is 6.61 Å². The van der Waals surface area contributed by atoms with Crippen molar-refractivity contribution in [2.24, 2.45) is 0 Å². The van der Waals surface area contributed by atoms with Gasteiger partial charge in [-0.05, 0) is 49.7 Å². The minimum absolute atomic E-state index is 0.125. The van der Waals surface area contributed by atoms with Crippen LogP contribution in [0.2, 0.25) is 0 Å². The van der Waals surface area contributed by atoms with Crippen molar-refractivity contribution in [1.29, 1.82) is 0 Å². The van der Waals surface area contributed by atoms with Crippen molar-refractivity contribution in [2.45, 2.75) is 19.8 Å². The van der Waals surface area contributed by atoms with Crippen molar-refractivity contribution in [1.82, 2.24) is 0 Å². The highest BCUT2D eigenvalue weighted by Crippen LogP contribution is 2.12. The summed E-state index contributed by atoms with van der Waals surface area (Å²) >= 11 is 0. The van der Waals surface area contributed by atoms with Crippen LogP contribution in [0.5, 0.6) is 5.75 Å². The molecule has 1 N–H and O–H groups in total. The summed E-state index contributed by atoms with van der Waals surface area (Å²) in [6, 6.07) is 15.6. The van der Waals surface area contributed by atoms with Crippen LogP contribution in [0, 0.1) is 18.8 Å². The van der Waals surface area contributed by atoms with Gasteiger partial charge >= 0.3 is 5.97 Å². The fourth-order valence-electron chi connectivity index (χ4n) is 1.83. The summed E-state index contributed by atoms with van der Waals surface area (Å²) in [5.74, 6) is 6.15.